The first kappa shape index (κ1) is 14.0. The van der Waals surface area contributed by atoms with Crippen LogP contribution in [0.5, 0.6) is 0 Å². The van der Waals surface area contributed by atoms with E-state index >= 15 is 0 Å². The van der Waals surface area contributed by atoms with Gasteiger partial charge in [0.05, 0.1) is 12.1 Å². The van der Waals surface area contributed by atoms with Crippen molar-refractivity contribution in [1.29, 1.82) is 0 Å². The van der Waals surface area contributed by atoms with Crippen LogP contribution in [0.2, 0.25) is 0 Å². The molecular formula is C16H17FN6. The van der Waals surface area contributed by atoms with E-state index in [1.54, 1.807) is 6.07 Å². The van der Waals surface area contributed by atoms with E-state index < -0.39 is 0 Å². The Bertz CT molecular complexity index is 859. The Morgan fingerprint density at radius 2 is 2.26 bits per heavy atom. The SMILES string of the molecule is CCc1nc2n(n1)CC(Nc1ncnc3ccc(F)cc13)CC2. The molecule has 0 amide bonds. The van der Waals surface area contributed by atoms with Crippen LogP contribution in [0.4, 0.5) is 10.2 Å². The highest BCUT2D eigenvalue weighted by Gasteiger charge is 2.22. The monoisotopic (exact) mass is 312 g/mol. The number of aromatic nitrogens is 5. The summed E-state index contributed by atoms with van der Waals surface area (Å²) in [5.74, 6) is 2.30. The molecule has 0 fully saturated rings. The second kappa shape index (κ2) is 5.57. The maximum absolute atomic E-state index is 13.5. The molecule has 0 radical (unpaired) electrons. The average Bonchev–Trinajstić information content (AvgIpc) is 2.98. The minimum atomic E-state index is -0.287. The van der Waals surface area contributed by atoms with E-state index in [0.29, 0.717) is 11.2 Å². The smallest absolute Gasteiger partial charge is 0.150 e. The number of hydrogen-bond acceptors (Lipinski definition) is 5. The van der Waals surface area contributed by atoms with Crippen molar-refractivity contribution in [2.75, 3.05) is 5.32 Å². The number of fused-ring (bicyclic) bond motifs is 2. The van der Waals surface area contributed by atoms with Gasteiger partial charge in [0.1, 0.15) is 23.8 Å². The van der Waals surface area contributed by atoms with Crippen LogP contribution in [0.3, 0.4) is 0 Å². The fourth-order valence-electron chi connectivity index (χ4n) is 2.97. The molecule has 3 aromatic rings. The average molecular weight is 312 g/mol. The molecule has 7 heteroatoms. The molecule has 0 bridgehead atoms. The van der Waals surface area contributed by atoms with Gasteiger partial charge in [-0.2, -0.15) is 5.10 Å². The summed E-state index contributed by atoms with van der Waals surface area (Å²) in [7, 11) is 0. The number of rotatable bonds is 3. The van der Waals surface area contributed by atoms with Crippen molar-refractivity contribution in [3.8, 4) is 0 Å². The Labute approximate surface area is 132 Å². The number of anilines is 1. The van der Waals surface area contributed by atoms with E-state index in [9.17, 15) is 4.39 Å². The standard InChI is InChI=1S/C16H17FN6/c1-2-14-21-15-6-4-11(8-23(15)22-14)20-16-12-7-10(17)3-5-13(12)18-9-19-16/h3,5,7,9,11H,2,4,6,8H2,1H3,(H,18,19,20). The lowest BCUT2D eigenvalue weighted by atomic mass is 10.1. The van der Waals surface area contributed by atoms with Gasteiger partial charge < -0.3 is 5.32 Å². The summed E-state index contributed by atoms with van der Waals surface area (Å²) < 4.78 is 15.5. The van der Waals surface area contributed by atoms with Gasteiger partial charge in [0.25, 0.3) is 0 Å². The summed E-state index contributed by atoms with van der Waals surface area (Å²) in [5, 5.41) is 8.62. The summed E-state index contributed by atoms with van der Waals surface area (Å²) >= 11 is 0. The predicted molar refractivity (Wildman–Crippen MR) is 84.6 cm³/mol. The van der Waals surface area contributed by atoms with E-state index in [4.69, 9.17) is 0 Å². The van der Waals surface area contributed by atoms with Crippen molar-refractivity contribution in [2.24, 2.45) is 0 Å². The topological polar surface area (TPSA) is 68.5 Å². The zero-order chi connectivity index (χ0) is 15.8. The number of halogens is 1. The Hall–Kier alpha value is -2.57. The summed E-state index contributed by atoms with van der Waals surface area (Å²) in [6.45, 7) is 2.79. The molecule has 1 aromatic carbocycles. The third-order valence-corrected chi connectivity index (χ3v) is 4.16. The van der Waals surface area contributed by atoms with Crippen molar-refractivity contribution in [3.63, 3.8) is 0 Å². The maximum Gasteiger partial charge on any atom is 0.150 e. The number of hydrogen-bond donors (Lipinski definition) is 1. The molecule has 1 atom stereocenters. The van der Waals surface area contributed by atoms with Gasteiger partial charge in [0.2, 0.25) is 0 Å². The highest BCUT2D eigenvalue weighted by atomic mass is 19.1. The first-order chi connectivity index (χ1) is 11.2. The molecule has 1 unspecified atom stereocenters. The van der Waals surface area contributed by atoms with Gasteiger partial charge in [-0.1, -0.05) is 6.92 Å². The summed E-state index contributed by atoms with van der Waals surface area (Å²) in [6.07, 6.45) is 4.17. The Balaban J connectivity index is 1.60. The Morgan fingerprint density at radius 3 is 3.13 bits per heavy atom. The normalized spacial score (nSPS) is 17.2. The first-order valence-electron chi connectivity index (χ1n) is 7.82. The van der Waals surface area contributed by atoms with Crippen molar-refractivity contribution < 1.29 is 4.39 Å². The van der Waals surface area contributed by atoms with Gasteiger partial charge in [-0.3, -0.25) is 0 Å². The lowest BCUT2D eigenvalue weighted by molar-refractivity contribution is 0.440. The molecule has 1 aliphatic heterocycles. The van der Waals surface area contributed by atoms with Gasteiger partial charge in [-0.25, -0.2) is 24.0 Å². The van der Waals surface area contributed by atoms with Crippen LogP contribution in [0.25, 0.3) is 10.9 Å². The highest BCUT2D eigenvalue weighted by molar-refractivity contribution is 5.88. The minimum Gasteiger partial charge on any atom is -0.365 e. The van der Waals surface area contributed by atoms with Gasteiger partial charge in [-0.15, -0.1) is 0 Å². The molecule has 118 valence electrons. The lowest BCUT2D eigenvalue weighted by Crippen LogP contribution is -2.32. The van der Waals surface area contributed by atoms with Gasteiger partial charge in [-0.05, 0) is 24.6 Å². The summed E-state index contributed by atoms with van der Waals surface area (Å²) in [6, 6.07) is 4.74. The maximum atomic E-state index is 13.5. The molecular weight excluding hydrogens is 295 g/mol. The molecule has 0 aliphatic carbocycles. The van der Waals surface area contributed by atoms with Crippen molar-refractivity contribution in [2.45, 2.75) is 38.8 Å². The fraction of sp³-hybridized carbons (Fsp3) is 0.375. The van der Waals surface area contributed by atoms with E-state index in [2.05, 4.69) is 32.3 Å². The lowest BCUT2D eigenvalue weighted by Gasteiger charge is -2.24. The van der Waals surface area contributed by atoms with Gasteiger partial charge in [0.15, 0.2) is 5.82 Å². The second-order valence-corrected chi connectivity index (χ2v) is 5.74. The van der Waals surface area contributed by atoms with E-state index in [1.807, 2.05) is 4.68 Å². The van der Waals surface area contributed by atoms with Crippen LogP contribution in [0, 0.1) is 5.82 Å². The second-order valence-electron chi connectivity index (χ2n) is 5.74. The molecule has 23 heavy (non-hydrogen) atoms. The quantitative estimate of drug-likeness (QED) is 0.804. The van der Waals surface area contributed by atoms with Gasteiger partial charge in [0, 0.05) is 24.3 Å². The predicted octanol–water partition coefficient (Wildman–Crippen LogP) is 2.35. The molecule has 6 nitrogen and oxygen atoms in total. The number of nitrogens with zero attached hydrogens (tertiary/aromatic N) is 5. The molecule has 1 N–H and O–H groups in total. The van der Waals surface area contributed by atoms with Crippen molar-refractivity contribution in [1.82, 2.24) is 24.7 Å². The zero-order valence-electron chi connectivity index (χ0n) is 12.8. The van der Waals surface area contributed by atoms with E-state index in [1.165, 1.54) is 18.5 Å². The molecule has 2 aromatic heterocycles. The largest absolute Gasteiger partial charge is 0.365 e. The first-order valence-corrected chi connectivity index (χ1v) is 7.82. The molecule has 4 rings (SSSR count). The van der Waals surface area contributed by atoms with Crippen molar-refractivity contribution in [3.05, 3.63) is 42.0 Å². The fourth-order valence-corrected chi connectivity index (χ4v) is 2.97. The summed E-state index contributed by atoms with van der Waals surface area (Å²) in [5.41, 5.74) is 0.731. The minimum absolute atomic E-state index is 0.190. The third kappa shape index (κ3) is 2.62. The molecule has 0 saturated heterocycles. The molecule has 0 saturated carbocycles. The molecule has 0 spiro atoms. The molecule has 3 heterocycles. The van der Waals surface area contributed by atoms with Crippen LogP contribution in [0.1, 0.15) is 25.0 Å². The highest BCUT2D eigenvalue weighted by Crippen LogP contribution is 2.23. The van der Waals surface area contributed by atoms with Crippen LogP contribution in [-0.4, -0.2) is 30.8 Å². The Morgan fingerprint density at radius 1 is 1.35 bits per heavy atom. The Kier molecular flexibility index (Phi) is 3.40. The van der Waals surface area contributed by atoms with Crippen LogP contribution in [0.15, 0.2) is 24.5 Å². The zero-order valence-corrected chi connectivity index (χ0v) is 12.8. The van der Waals surface area contributed by atoms with E-state index in [0.717, 1.165) is 43.0 Å². The van der Waals surface area contributed by atoms with E-state index in [-0.39, 0.29) is 11.9 Å². The van der Waals surface area contributed by atoms with Crippen molar-refractivity contribution >= 4 is 16.7 Å². The number of aryl methyl sites for hydroxylation is 2. The number of nitrogens with one attached hydrogen (secondary N) is 1. The van der Waals surface area contributed by atoms with Crippen LogP contribution < -0.4 is 5.32 Å². The third-order valence-electron chi connectivity index (χ3n) is 4.16. The van der Waals surface area contributed by atoms with Gasteiger partial charge >= 0.3 is 0 Å². The molecule has 1 aliphatic rings. The number of benzene rings is 1. The summed E-state index contributed by atoms with van der Waals surface area (Å²) in [4.78, 5) is 13.0. The van der Waals surface area contributed by atoms with Crippen LogP contribution >= 0.6 is 0 Å². The van der Waals surface area contributed by atoms with Crippen LogP contribution in [-0.2, 0) is 19.4 Å².